The molecule has 1 aromatic heterocycles. The normalized spacial score (nSPS) is 21.2. The summed E-state index contributed by atoms with van der Waals surface area (Å²) in [5.41, 5.74) is 1.77. The fraction of sp³-hybridized carbons (Fsp3) is 0.500. The molecule has 0 amide bonds. The summed E-state index contributed by atoms with van der Waals surface area (Å²) in [6, 6.07) is 0. The van der Waals surface area contributed by atoms with Gasteiger partial charge in [-0.2, -0.15) is 0 Å². The van der Waals surface area contributed by atoms with Crippen LogP contribution in [-0.4, -0.2) is 27.9 Å². The van der Waals surface area contributed by atoms with E-state index in [1.165, 1.54) is 11.8 Å². The Morgan fingerprint density at radius 1 is 1.69 bits per heavy atom. The lowest BCUT2D eigenvalue weighted by Crippen LogP contribution is -2.29. The molecule has 2 heterocycles. The first kappa shape index (κ1) is 8.93. The molecule has 0 spiro atoms. The number of rotatable bonds is 1. The molecule has 4 nitrogen and oxygen atoms in total. The summed E-state index contributed by atoms with van der Waals surface area (Å²) in [7, 11) is 0. The fourth-order valence-corrected chi connectivity index (χ4v) is 1.72. The van der Waals surface area contributed by atoms with E-state index in [1.54, 1.807) is 6.20 Å². The van der Waals surface area contributed by atoms with Crippen LogP contribution in [0.25, 0.3) is 0 Å². The van der Waals surface area contributed by atoms with E-state index >= 15 is 0 Å². The van der Waals surface area contributed by atoms with Gasteiger partial charge in [0.25, 0.3) is 0 Å². The summed E-state index contributed by atoms with van der Waals surface area (Å²) in [5, 5.41) is 13.4. The number of β-amino-alcohol motifs (C(OH)–C–C–N with tert-alkyl or cyclic N) is 1. The predicted molar refractivity (Wildman–Crippen MR) is 50.5 cm³/mol. The molecule has 0 fully saturated rings. The van der Waals surface area contributed by atoms with Crippen molar-refractivity contribution in [3.63, 3.8) is 0 Å². The first-order valence-electron chi connectivity index (χ1n) is 4.10. The van der Waals surface area contributed by atoms with Gasteiger partial charge in [-0.25, -0.2) is 9.97 Å². The van der Waals surface area contributed by atoms with Crippen LogP contribution < -0.4 is 5.32 Å². The summed E-state index contributed by atoms with van der Waals surface area (Å²) in [5.74, 6) is 0. The van der Waals surface area contributed by atoms with Crippen LogP contribution in [0, 0.1) is 0 Å². The van der Waals surface area contributed by atoms with E-state index in [1.807, 2.05) is 6.26 Å². The number of thioether (sulfide) groups is 1. The van der Waals surface area contributed by atoms with Gasteiger partial charge in [0.05, 0.1) is 11.8 Å². The van der Waals surface area contributed by atoms with E-state index in [-0.39, 0.29) is 0 Å². The maximum Gasteiger partial charge on any atom is 0.187 e. The topological polar surface area (TPSA) is 58.0 Å². The van der Waals surface area contributed by atoms with Crippen molar-refractivity contribution in [3.8, 4) is 0 Å². The highest BCUT2D eigenvalue weighted by Crippen LogP contribution is 2.20. The average molecular weight is 197 g/mol. The Labute approximate surface area is 80.8 Å². The van der Waals surface area contributed by atoms with Gasteiger partial charge in [0, 0.05) is 24.8 Å². The fourth-order valence-electron chi connectivity index (χ4n) is 1.36. The number of nitrogens with zero attached hydrogens (tertiary/aromatic N) is 2. The molecule has 70 valence electrons. The molecule has 5 heteroatoms. The van der Waals surface area contributed by atoms with E-state index in [2.05, 4.69) is 15.3 Å². The van der Waals surface area contributed by atoms with Gasteiger partial charge in [-0.15, -0.1) is 0 Å². The van der Waals surface area contributed by atoms with Crippen LogP contribution in [0.15, 0.2) is 11.4 Å². The molecule has 0 radical (unpaired) electrons. The summed E-state index contributed by atoms with van der Waals surface area (Å²) in [6.45, 7) is 1.32. The van der Waals surface area contributed by atoms with Crippen LogP contribution in [0.3, 0.4) is 0 Å². The zero-order valence-corrected chi connectivity index (χ0v) is 8.14. The maximum absolute atomic E-state index is 9.58. The number of aliphatic hydroxyl groups is 1. The first-order chi connectivity index (χ1) is 6.31. The Morgan fingerprint density at radius 3 is 3.31 bits per heavy atom. The molecule has 13 heavy (non-hydrogen) atoms. The second-order valence-corrected chi connectivity index (χ2v) is 3.68. The Hall–Kier alpha value is -0.650. The molecule has 0 aromatic carbocycles. The molecule has 1 atom stereocenters. The van der Waals surface area contributed by atoms with Gasteiger partial charge in [-0.05, 0) is 6.26 Å². The zero-order valence-electron chi connectivity index (χ0n) is 7.32. The molecule has 0 aliphatic carbocycles. The lowest BCUT2D eigenvalue weighted by molar-refractivity contribution is 0.163. The second kappa shape index (κ2) is 3.61. The quantitative estimate of drug-likeness (QED) is 0.502. The smallest absolute Gasteiger partial charge is 0.187 e. The standard InChI is InChI=1S/C8H11N3OS/c1-13-8-10-2-5-6(11-8)3-9-4-7(5)12/h2,7,9,12H,3-4H2,1H3. The SMILES string of the molecule is CSc1ncc2c(n1)CNCC2O. The van der Waals surface area contributed by atoms with Gasteiger partial charge in [-0.1, -0.05) is 11.8 Å². The minimum atomic E-state index is -0.459. The van der Waals surface area contributed by atoms with Crippen molar-refractivity contribution in [1.82, 2.24) is 15.3 Å². The van der Waals surface area contributed by atoms with E-state index < -0.39 is 6.10 Å². The van der Waals surface area contributed by atoms with Crippen LogP contribution >= 0.6 is 11.8 Å². The molecule has 0 saturated carbocycles. The zero-order chi connectivity index (χ0) is 9.26. The Balaban J connectivity index is 2.39. The van der Waals surface area contributed by atoms with Crippen molar-refractivity contribution in [3.05, 3.63) is 17.5 Å². The number of aliphatic hydroxyl groups excluding tert-OH is 1. The van der Waals surface area contributed by atoms with Crippen molar-refractivity contribution in [2.24, 2.45) is 0 Å². The third kappa shape index (κ3) is 1.67. The largest absolute Gasteiger partial charge is 0.387 e. The number of aromatic nitrogens is 2. The monoisotopic (exact) mass is 197 g/mol. The third-order valence-electron chi connectivity index (χ3n) is 2.05. The van der Waals surface area contributed by atoms with Gasteiger partial charge in [0.1, 0.15) is 0 Å². The molecule has 2 rings (SSSR count). The molecular weight excluding hydrogens is 186 g/mol. The van der Waals surface area contributed by atoms with E-state index in [9.17, 15) is 5.11 Å². The van der Waals surface area contributed by atoms with Crippen LogP contribution in [0.4, 0.5) is 0 Å². The van der Waals surface area contributed by atoms with Crippen LogP contribution in [-0.2, 0) is 6.54 Å². The second-order valence-electron chi connectivity index (χ2n) is 2.91. The molecule has 0 bridgehead atoms. The summed E-state index contributed by atoms with van der Waals surface area (Å²) in [4.78, 5) is 8.44. The van der Waals surface area contributed by atoms with E-state index in [0.717, 1.165) is 23.0 Å². The highest BCUT2D eigenvalue weighted by atomic mass is 32.2. The van der Waals surface area contributed by atoms with Crippen LogP contribution in [0.5, 0.6) is 0 Å². The van der Waals surface area contributed by atoms with Crippen molar-refractivity contribution in [2.75, 3.05) is 12.8 Å². The van der Waals surface area contributed by atoms with Gasteiger partial charge in [-0.3, -0.25) is 0 Å². The van der Waals surface area contributed by atoms with Gasteiger partial charge in [0.2, 0.25) is 0 Å². The number of hydrogen-bond acceptors (Lipinski definition) is 5. The first-order valence-corrected chi connectivity index (χ1v) is 5.32. The van der Waals surface area contributed by atoms with Crippen molar-refractivity contribution < 1.29 is 5.11 Å². The predicted octanol–water partition coefficient (Wildman–Crippen LogP) is 0.335. The lowest BCUT2D eigenvalue weighted by Gasteiger charge is -2.20. The average Bonchev–Trinajstić information content (AvgIpc) is 2.18. The highest BCUT2D eigenvalue weighted by molar-refractivity contribution is 7.98. The van der Waals surface area contributed by atoms with E-state index in [4.69, 9.17) is 0 Å². The Kier molecular flexibility index (Phi) is 2.48. The van der Waals surface area contributed by atoms with Gasteiger partial charge < -0.3 is 10.4 Å². The number of nitrogens with one attached hydrogen (secondary N) is 1. The van der Waals surface area contributed by atoms with Crippen molar-refractivity contribution in [1.29, 1.82) is 0 Å². The Bertz CT molecular complexity index is 318. The minimum Gasteiger partial charge on any atom is -0.387 e. The summed E-state index contributed by atoms with van der Waals surface area (Å²) >= 11 is 1.51. The summed E-state index contributed by atoms with van der Waals surface area (Å²) in [6.07, 6.45) is 3.20. The minimum absolute atomic E-state index is 0.459. The van der Waals surface area contributed by atoms with E-state index in [0.29, 0.717) is 6.54 Å². The molecule has 1 aliphatic rings. The number of hydrogen-bond donors (Lipinski definition) is 2. The molecule has 1 unspecified atom stereocenters. The van der Waals surface area contributed by atoms with Crippen LogP contribution in [0.2, 0.25) is 0 Å². The number of fused-ring (bicyclic) bond motifs is 1. The molecule has 0 saturated heterocycles. The third-order valence-corrected chi connectivity index (χ3v) is 2.61. The molecule has 1 aliphatic heterocycles. The maximum atomic E-state index is 9.58. The van der Waals surface area contributed by atoms with Gasteiger partial charge in [0.15, 0.2) is 5.16 Å². The van der Waals surface area contributed by atoms with Gasteiger partial charge >= 0.3 is 0 Å². The highest BCUT2D eigenvalue weighted by Gasteiger charge is 2.19. The lowest BCUT2D eigenvalue weighted by atomic mass is 10.1. The Morgan fingerprint density at radius 2 is 2.54 bits per heavy atom. The van der Waals surface area contributed by atoms with Crippen molar-refractivity contribution in [2.45, 2.75) is 17.8 Å². The molecular formula is C8H11N3OS. The molecule has 2 N–H and O–H groups in total. The van der Waals surface area contributed by atoms with Crippen molar-refractivity contribution >= 4 is 11.8 Å². The van der Waals surface area contributed by atoms with Crippen LogP contribution in [0.1, 0.15) is 17.4 Å². The molecule has 1 aromatic rings. The summed E-state index contributed by atoms with van der Waals surface area (Å²) < 4.78 is 0.